The molecule has 6 heteroatoms. The maximum Gasteiger partial charge on any atom is 0.230 e. The fourth-order valence-electron chi connectivity index (χ4n) is 1.65. The minimum atomic E-state index is -0.678. The third kappa shape index (κ3) is 6.34. The maximum absolute atomic E-state index is 13.3. The first-order valence-electron chi connectivity index (χ1n) is 6.41. The van der Waals surface area contributed by atoms with Crippen LogP contribution >= 0.6 is 11.8 Å². The number of thioether (sulfide) groups is 1. The molecule has 0 aliphatic heterocycles. The third-order valence-corrected chi connectivity index (χ3v) is 3.58. The van der Waals surface area contributed by atoms with Crippen molar-refractivity contribution in [3.8, 4) is 0 Å². The van der Waals surface area contributed by atoms with Crippen molar-refractivity contribution in [2.45, 2.75) is 31.3 Å². The Morgan fingerprint density at radius 3 is 2.70 bits per heavy atom. The second-order valence-corrected chi connectivity index (χ2v) is 5.97. The molecule has 1 amide bonds. The highest BCUT2D eigenvalue weighted by Crippen LogP contribution is 2.21. The van der Waals surface area contributed by atoms with Crippen LogP contribution in [-0.4, -0.2) is 29.4 Å². The van der Waals surface area contributed by atoms with Crippen molar-refractivity contribution < 1.29 is 18.7 Å². The first kappa shape index (κ1) is 16.9. The molecule has 0 aliphatic carbocycles. The number of hydrogen-bond donors (Lipinski definition) is 2. The predicted molar refractivity (Wildman–Crippen MR) is 75.6 cm³/mol. The van der Waals surface area contributed by atoms with Crippen molar-refractivity contribution in [2.75, 3.05) is 12.3 Å². The molecule has 0 saturated heterocycles. The second kappa shape index (κ2) is 8.21. The molecular weight excluding hydrogens is 284 g/mol. The topological polar surface area (TPSA) is 49.3 Å². The van der Waals surface area contributed by atoms with E-state index in [1.54, 1.807) is 0 Å². The van der Waals surface area contributed by atoms with E-state index in [0.717, 1.165) is 23.9 Å². The molecule has 1 atom stereocenters. The highest BCUT2D eigenvalue weighted by Gasteiger charge is 2.11. The predicted octanol–water partition coefficient (Wildman–Crippen LogP) is 2.58. The number of amides is 1. The van der Waals surface area contributed by atoms with Crippen LogP contribution in [0.5, 0.6) is 0 Å². The molecule has 0 fully saturated rings. The van der Waals surface area contributed by atoms with E-state index in [1.807, 2.05) is 13.8 Å². The van der Waals surface area contributed by atoms with Gasteiger partial charge in [0.05, 0.1) is 11.9 Å². The zero-order valence-electron chi connectivity index (χ0n) is 11.5. The van der Waals surface area contributed by atoms with E-state index in [9.17, 15) is 18.7 Å². The largest absolute Gasteiger partial charge is 0.391 e. The Morgan fingerprint density at radius 2 is 2.10 bits per heavy atom. The zero-order valence-corrected chi connectivity index (χ0v) is 12.3. The van der Waals surface area contributed by atoms with Gasteiger partial charge in [-0.1, -0.05) is 13.8 Å². The molecule has 1 unspecified atom stereocenters. The van der Waals surface area contributed by atoms with Crippen LogP contribution in [0.2, 0.25) is 0 Å². The van der Waals surface area contributed by atoms with Gasteiger partial charge in [0.1, 0.15) is 11.6 Å². The van der Waals surface area contributed by atoms with Gasteiger partial charge in [-0.2, -0.15) is 0 Å². The van der Waals surface area contributed by atoms with Gasteiger partial charge in [0.2, 0.25) is 5.91 Å². The number of aliphatic hydroxyl groups is 1. The standard InChI is InChI=1S/C14H19F2NO2S/c1-9(2)5-11(18)7-17-14(19)8-20-13-4-3-10(15)6-12(13)16/h3-4,6,9,11,18H,5,7-8H2,1-2H3,(H,17,19). The summed E-state index contributed by atoms with van der Waals surface area (Å²) in [4.78, 5) is 11.8. The minimum Gasteiger partial charge on any atom is -0.391 e. The number of hydrogen-bond acceptors (Lipinski definition) is 3. The van der Waals surface area contributed by atoms with Gasteiger partial charge in [0.25, 0.3) is 0 Å². The first-order valence-corrected chi connectivity index (χ1v) is 7.39. The van der Waals surface area contributed by atoms with Gasteiger partial charge < -0.3 is 10.4 Å². The maximum atomic E-state index is 13.3. The van der Waals surface area contributed by atoms with Crippen LogP contribution in [0, 0.1) is 17.6 Å². The Kier molecular flexibility index (Phi) is 6.95. The summed E-state index contributed by atoms with van der Waals surface area (Å²) in [5, 5.41) is 12.2. The molecule has 0 saturated carbocycles. The van der Waals surface area contributed by atoms with Gasteiger partial charge in [-0.05, 0) is 24.5 Å². The van der Waals surface area contributed by atoms with Crippen LogP contribution < -0.4 is 5.32 Å². The van der Waals surface area contributed by atoms with E-state index in [0.29, 0.717) is 12.3 Å². The second-order valence-electron chi connectivity index (χ2n) is 4.95. The first-order chi connectivity index (χ1) is 9.38. The summed E-state index contributed by atoms with van der Waals surface area (Å²) in [6.45, 7) is 4.15. The van der Waals surface area contributed by atoms with Crippen LogP contribution in [0.3, 0.4) is 0 Å². The molecule has 1 aromatic carbocycles. The van der Waals surface area contributed by atoms with E-state index in [4.69, 9.17) is 0 Å². The Bertz CT molecular complexity index is 455. The van der Waals surface area contributed by atoms with Gasteiger partial charge in [0.15, 0.2) is 0 Å². The van der Waals surface area contributed by atoms with Crippen LogP contribution in [0.1, 0.15) is 20.3 Å². The average molecular weight is 303 g/mol. The number of aliphatic hydroxyl groups excluding tert-OH is 1. The molecule has 0 aromatic heterocycles. The zero-order chi connectivity index (χ0) is 15.1. The molecule has 0 radical (unpaired) electrons. The van der Waals surface area contributed by atoms with Gasteiger partial charge in [-0.15, -0.1) is 11.8 Å². The molecule has 0 spiro atoms. The van der Waals surface area contributed by atoms with Crippen LogP contribution in [-0.2, 0) is 4.79 Å². The fourth-order valence-corrected chi connectivity index (χ4v) is 2.40. The summed E-state index contributed by atoms with van der Waals surface area (Å²) in [5.74, 6) is -1.24. The molecule has 0 bridgehead atoms. The lowest BCUT2D eigenvalue weighted by Gasteiger charge is -2.13. The van der Waals surface area contributed by atoms with Crippen molar-refractivity contribution in [1.29, 1.82) is 0 Å². The number of rotatable bonds is 7. The summed E-state index contributed by atoms with van der Waals surface area (Å²) >= 11 is 0.994. The van der Waals surface area contributed by atoms with Gasteiger partial charge >= 0.3 is 0 Å². The lowest BCUT2D eigenvalue weighted by molar-refractivity contribution is -0.119. The smallest absolute Gasteiger partial charge is 0.230 e. The van der Waals surface area contributed by atoms with Crippen molar-refractivity contribution in [2.24, 2.45) is 5.92 Å². The van der Waals surface area contributed by atoms with E-state index in [1.165, 1.54) is 6.07 Å². The number of carbonyl (C=O) groups is 1. The normalized spacial score (nSPS) is 12.5. The van der Waals surface area contributed by atoms with Crippen molar-refractivity contribution >= 4 is 17.7 Å². The summed E-state index contributed by atoms with van der Waals surface area (Å²) in [5.41, 5.74) is 0. The Balaban J connectivity index is 2.33. The fraction of sp³-hybridized carbons (Fsp3) is 0.500. The molecule has 2 N–H and O–H groups in total. The van der Waals surface area contributed by atoms with Gasteiger partial charge in [0, 0.05) is 17.5 Å². The monoisotopic (exact) mass is 303 g/mol. The Labute approximate surface area is 121 Å². The van der Waals surface area contributed by atoms with Crippen LogP contribution in [0.25, 0.3) is 0 Å². The van der Waals surface area contributed by atoms with E-state index >= 15 is 0 Å². The van der Waals surface area contributed by atoms with Gasteiger partial charge in [-0.3, -0.25) is 4.79 Å². The van der Waals surface area contributed by atoms with Crippen LogP contribution in [0.4, 0.5) is 8.78 Å². The summed E-state index contributed by atoms with van der Waals surface area (Å²) in [7, 11) is 0. The molecule has 0 heterocycles. The lowest BCUT2D eigenvalue weighted by Crippen LogP contribution is -2.33. The Morgan fingerprint density at radius 1 is 1.40 bits per heavy atom. The molecule has 0 aliphatic rings. The highest BCUT2D eigenvalue weighted by atomic mass is 32.2. The number of carbonyl (C=O) groups excluding carboxylic acids is 1. The molecule has 1 aromatic rings. The van der Waals surface area contributed by atoms with Crippen molar-refractivity contribution in [3.05, 3.63) is 29.8 Å². The molecular formula is C14H19F2NO2S. The van der Waals surface area contributed by atoms with Gasteiger partial charge in [-0.25, -0.2) is 8.78 Å². The summed E-state index contributed by atoms with van der Waals surface area (Å²) in [6.07, 6.45) is 0.0338. The average Bonchev–Trinajstić information content (AvgIpc) is 2.34. The number of nitrogens with one attached hydrogen (secondary N) is 1. The van der Waals surface area contributed by atoms with E-state index in [-0.39, 0.29) is 23.1 Å². The Hall–Kier alpha value is -1.14. The number of halogens is 2. The lowest BCUT2D eigenvalue weighted by atomic mass is 10.1. The molecule has 3 nitrogen and oxygen atoms in total. The SMILES string of the molecule is CC(C)CC(O)CNC(=O)CSc1ccc(F)cc1F. The number of benzene rings is 1. The minimum absolute atomic E-state index is 0.0248. The van der Waals surface area contributed by atoms with E-state index in [2.05, 4.69) is 5.32 Å². The van der Waals surface area contributed by atoms with E-state index < -0.39 is 17.7 Å². The quantitative estimate of drug-likeness (QED) is 0.761. The molecule has 1 rings (SSSR count). The third-order valence-electron chi connectivity index (χ3n) is 2.53. The van der Waals surface area contributed by atoms with Crippen molar-refractivity contribution in [3.63, 3.8) is 0 Å². The molecule has 20 heavy (non-hydrogen) atoms. The molecule has 112 valence electrons. The summed E-state index contributed by atoms with van der Waals surface area (Å²) < 4.78 is 26.0. The highest BCUT2D eigenvalue weighted by molar-refractivity contribution is 8.00. The van der Waals surface area contributed by atoms with Crippen LogP contribution in [0.15, 0.2) is 23.1 Å². The summed E-state index contributed by atoms with van der Waals surface area (Å²) in [6, 6.07) is 3.23. The van der Waals surface area contributed by atoms with Crippen molar-refractivity contribution in [1.82, 2.24) is 5.32 Å².